The van der Waals surface area contributed by atoms with E-state index < -0.39 is 17.3 Å². The van der Waals surface area contributed by atoms with E-state index in [1.807, 2.05) is 32.0 Å². The zero-order valence-corrected chi connectivity index (χ0v) is 29.0. The van der Waals surface area contributed by atoms with Crippen molar-refractivity contribution < 1.29 is 27.1 Å². The monoisotopic (exact) mass is 632 g/mol. The van der Waals surface area contributed by atoms with Crippen LogP contribution >= 0.6 is 11.8 Å². The summed E-state index contributed by atoms with van der Waals surface area (Å²) >= 11 is 1.63. The summed E-state index contributed by atoms with van der Waals surface area (Å²) in [5.41, 5.74) is -0.256. The Balaban J connectivity index is 1.75. The van der Waals surface area contributed by atoms with Crippen molar-refractivity contribution >= 4 is 28.7 Å². The van der Waals surface area contributed by atoms with Gasteiger partial charge in [0.25, 0.3) is 0 Å². The zero-order valence-electron chi connectivity index (χ0n) is 28.2. The second kappa shape index (κ2) is 13.9. The SMILES string of the molecule is CCCCCc1ccc(-c2cc3ccc(SC(C)CC(C)(C)OC(=O)C(CC(C)(C)C)C(C)(C)C)cc3o2)c(C(F)(F)F)c1. The van der Waals surface area contributed by atoms with Gasteiger partial charge in [-0.3, -0.25) is 4.79 Å². The second-order valence-corrected chi connectivity index (χ2v) is 16.7. The quantitative estimate of drug-likeness (QED) is 0.113. The van der Waals surface area contributed by atoms with Crippen molar-refractivity contribution in [3.8, 4) is 11.3 Å². The van der Waals surface area contributed by atoms with Crippen LogP contribution in [0.15, 0.2) is 51.8 Å². The first kappa shape index (κ1) is 36.1. The Hall–Kier alpha value is -2.41. The van der Waals surface area contributed by atoms with E-state index in [0.717, 1.165) is 36.0 Å². The van der Waals surface area contributed by atoms with E-state index in [0.29, 0.717) is 24.0 Å². The summed E-state index contributed by atoms with van der Waals surface area (Å²) in [6, 6.07) is 12.0. The summed E-state index contributed by atoms with van der Waals surface area (Å²) in [4.78, 5) is 14.3. The molecule has 0 saturated heterocycles. The number of aryl methyl sites for hydroxylation is 1. The van der Waals surface area contributed by atoms with Crippen LogP contribution in [-0.2, 0) is 22.1 Å². The summed E-state index contributed by atoms with van der Waals surface area (Å²) in [6.07, 6.45) is 0.393. The number of hydrogen-bond donors (Lipinski definition) is 0. The van der Waals surface area contributed by atoms with Crippen LogP contribution < -0.4 is 0 Å². The Morgan fingerprint density at radius 3 is 2.18 bits per heavy atom. The highest BCUT2D eigenvalue weighted by Gasteiger charge is 2.39. The molecule has 3 nitrogen and oxygen atoms in total. The molecule has 0 amide bonds. The van der Waals surface area contributed by atoms with E-state index in [1.165, 1.54) is 12.1 Å². The van der Waals surface area contributed by atoms with Crippen molar-refractivity contribution in [2.24, 2.45) is 16.7 Å². The van der Waals surface area contributed by atoms with E-state index in [2.05, 4.69) is 55.4 Å². The summed E-state index contributed by atoms with van der Waals surface area (Å²) < 4.78 is 54.4. The van der Waals surface area contributed by atoms with Crippen molar-refractivity contribution in [3.05, 3.63) is 53.6 Å². The van der Waals surface area contributed by atoms with E-state index in [4.69, 9.17) is 9.15 Å². The van der Waals surface area contributed by atoms with Gasteiger partial charge in [0.2, 0.25) is 0 Å². The molecule has 0 spiro atoms. The maximum absolute atomic E-state index is 14.1. The molecule has 1 aromatic heterocycles. The number of furan rings is 1. The maximum Gasteiger partial charge on any atom is 0.417 e. The lowest BCUT2D eigenvalue weighted by molar-refractivity contribution is -0.167. The zero-order chi connectivity index (χ0) is 33.1. The Kier molecular flexibility index (Phi) is 11.4. The molecule has 244 valence electrons. The van der Waals surface area contributed by atoms with Gasteiger partial charge < -0.3 is 9.15 Å². The smallest absolute Gasteiger partial charge is 0.417 e. The van der Waals surface area contributed by atoms with E-state index in [-0.39, 0.29) is 39.3 Å². The highest BCUT2D eigenvalue weighted by Crippen LogP contribution is 2.42. The number of carbonyl (C=O) groups excluding carboxylic acids is 1. The molecule has 3 rings (SSSR count). The average Bonchev–Trinajstić information content (AvgIpc) is 3.28. The molecule has 0 aliphatic heterocycles. The van der Waals surface area contributed by atoms with Crippen molar-refractivity contribution in [1.29, 1.82) is 0 Å². The van der Waals surface area contributed by atoms with Gasteiger partial charge in [0, 0.05) is 21.1 Å². The van der Waals surface area contributed by atoms with Crippen LogP contribution in [0, 0.1) is 16.7 Å². The van der Waals surface area contributed by atoms with Gasteiger partial charge >= 0.3 is 12.1 Å². The number of thioether (sulfide) groups is 1. The number of halogens is 3. The number of hydrogen-bond acceptors (Lipinski definition) is 4. The lowest BCUT2D eigenvalue weighted by atomic mass is 9.72. The van der Waals surface area contributed by atoms with Gasteiger partial charge in [0.15, 0.2) is 0 Å². The maximum atomic E-state index is 14.1. The molecule has 0 N–H and O–H groups in total. The minimum atomic E-state index is -4.48. The Morgan fingerprint density at radius 2 is 1.59 bits per heavy atom. The molecule has 2 unspecified atom stereocenters. The summed E-state index contributed by atoms with van der Waals surface area (Å²) in [7, 11) is 0. The largest absolute Gasteiger partial charge is 0.459 e. The molecule has 7 heteroatoms. The molecule has 0 bridgehead atoms. The van der Waals surface area contributed by atoms with Crippen LogP contribution in [0.2, 0.25) is 0 Å². The first-order valence-corrected chi connectivity index (χ1v) is 16.7. The molecule has 44 heavy (non-hydrogen) atoms. The van der Waals surface area contributed by atoms with E-state index in [1.54, 1.807) is 23.9 Å². The van der Waals surface area contributed by atoms with Gasteiger partial charge in [-0.05, 0) is 86.3 Å². The molecular weight excluding hydrogens is 581 g/mol. The minimum Gasteiger partial charge on any atom is -0.459 e. The summed E-state index contributed by atoms with van der Waals surface area (Å²) in [5, 5.41) is 0.857. The van der Waals surface area contributed by atoms with Crippen LogP contribution in [0.25, 0.3) is 22.3 Å². The number of unbranched alkanes of at least 4 members (excludes halogenated alkanes) is 2. The number of rotatable bonds is 12. The predicted octanol–water partition coefficient (Wildman–Crippen LogP) is 12.1. The number of ether oxygens (including phenoxy) is 1. The molecule has 0 fully saturated rings. The molecule has 3 aromatic rings. The minimum absolute atomic E-state index is 0.000621. The lowest BCUT2D eigenvalue weighted by Crippen LogP contribution is -2.39. The lowest BCUT2D eigenvalue weighted by Gasteiger charge is -2.37. The molecule has 0 aliphatic carbocycles. The Bertz CT molecular complexity index is 1410. The van der Waals surface area contributed by atoms with Crippen molar-refractivity contribution in [1.82, 2.24) is 0 Å². The molecule has 2 aromatic carbocycles. The first-order chi connectivity index (χ1) is 20.2. The third-order valence-electron chi connectivity index (χ3n) is 7.85. The van der Waals surface area contributed by atoms with E-state index >= 15 is 0 Å². The number of fused-ring (bicyclic) bond motifs is 1. The van der Waals surface area contributed by atoms with Gasteiger partial charge in [0.05, 0.1) is 11.5 Å². The third-order valence-corrected chi connectivity index (χ3v) is 8.95. The fraction of sp³-hybridized carbons (Fsp3) is 0.595. The first-order valence-electron chi connectivity index (χ1n) is 15.8. The predicted molar refractivity (Wildman–Crippen MR) is 177 cm³/mol. The van der Waals surface area contributed by atoms with Crippen molar-refractivity contribution in [3.63, 3.8) is 0 Å². The van der Waals surface area contributed by atoms with Crippen LogP contribution in [0.3, 0.4) is 0 Å². The third kappa shape index (κ3) is 10.3. The van der Waals surface area contributed by atoms with E-state index in [9.17, 15) is 18.0 Å². The van der Waals surface area contributed by atoms with Crippen LogP contribution in [0.1, 0.15) is 112 Å². The molecule has 0 aliphatic rings. The van der Waals surface area contributed by atoms with Gasteiger partial charge in [-0.25, -0.2) is 0 Å². The van der Waals surface area contributed by atoms with Gasteiger partial charge in [-0.1, -0.05) is 80.4 Å². The Morgan fingerprint density at radius 1 is 0.909 bits per heavy atom. The number of benzene rings is 2. The fourth-order valence-electron chi connectivity index (χ4n) is 5.70. The van der Waals surface area contributed by atoms with Crippen LogP contribution in [-0.4, -0.2) is 16.8 Å². The van der Waals surface area contributed by atoms with Gasteiger partial charge in [-0.15, -0.1) is 11.8 Å². The topological polar surface area (TPSA) is 39.4 Å². The van der Waals surface area contributed by atoms with Gasteiger partial charge in [-0.2, -0.15) is 13.2 Å². The normalized spacial score (nSPS) is 14.6. The average molecular weight is 633 g/mol. The standard InChI is InChI=1S/C37H51F3O3S/c1-11-12-13-14-25-15-18-28(29(19-25)37(38,39)40)32-20-26-16-17-27(21-31(26)42-32)44-24(2)22-36(9,10)43-33(41)30(35(6,7)8)23-34(3,4)5/h15-21,24,30H,11-14,22-23H2,1-10H3. The van der Waals surface area contributed by atoms with Crippen molar-refractivity contribution in [2.45, 2.75) is 130 Å². The number of esters is 1. The highest BCUT2D eigenvalue weighted by atomic mass is 32.2. The number of alkyl halides is 3. The summed E-state index contributed by atoms with van der Waals surface area (Å²) in [5.74, 6) is -0.166. The van der Waals surface area contributed by atoms with Crippen molar-refractivity contribution in [2.75, 3.05) is 0 Å². The fourth-order valence-corrected chi connectivity index (χ4v) is 6.97. The second-order valence-electron chi connectivity index (χ2n) is 15.1. The Labute approximate surface area is 266 Å². The molecule has 0 radical (unpaired) electrons. The molecule has 0 saturated carbocycles. The van der Waals surface area contributed by atoms with Crippen LogP contribution in [0.5, 0.6) is 0 Å². The van der Waals surface area contributed by atoms with Gasteiger partial charge in [0.1, 0.15) is 16.9 Å². The highest BCUT2D eigenvalue weighted by molar-refractivity contribution is 8.00. The summed E-state index contributed by atoms with van der Waals surface area (Å²) in [6.45, 7) is 20.7. The number of carbonyl (C=O) groups is 1. The molecular formula is C37H51F3O3S. The van der Waals surface area contributed by atoms with Crippen LogP contribution in [0.4, 0.5) is 13.2 Å². The molecule has 1 heterocycles. The molecule has 2 atom stereocenters.